The van der Waals surface area contributed by atoms with Crippen LogP contribution >= 0.6 is 0 Å². The molecule has 0 aromatic carbocycles. The third kappa shape index (κ3) is 4.19. The molecule has 2 aliphatic carbocycles. The van der Waals surface area contributed by atoms with Crippen molar-refractivity contribution < 1.29 is 9.53 Å². The number of nitrogens with zero attached hydrogens (tertiary/aromatic N) is 1. The molecule has 0 heterocycles. The van der Waals surface area contributed by atoms with Crippen LogP contribution in [0.4, 0.5) is 0 Å². The lowest BCUT2D eigenvalue weighted by molar-refractivity contribution is -0.151. The fourth-order valence-electron chi connectivity index (χ4n) is 3.55. The second-order valence-electron chi connectivity index (χ2n) is 6.66. The van der Waals surface area contributed by atoms with Gasteiger partial charge in [-0.2, -0.15) is 0 Å². The maximum atomic E-state index is 12.5. The van der Waals surface area contributed by atoms with Gasteiger partial charge in [0, 0.05) is 12.6 Å². The van der Waals surface area contributed by atoms with Crippen LogP contribution in [0, 0.1) is 5.92 Å². The van der Waals surface area contributed by atoms with Crippen molar-refractivity contribution in [1.82, 2.24) is 10.2 Å². The minimum Gasteiger partial charge on any atom is -0.465 e. The number of hydrogen-bond acceptors (Lipinski definition) is 4. The van der Waals surface area contributed by atoms with E-state index in [0.29, 0.717) is 12.6 Å². The maximum absolute atomic E-state index is 12.5. The van der Waals surface area contributed by atoms with Crippen molar-refractivity contribution in [2.24, 2.45) is 5.92 Å². The zero-order valence-corrected chi connectivity index (χ0v) is 14.0. The lowest BCUT2D eigenvalue weighted by atomic mass is 9.96. The van der Waals surface area contributed by atoms with Gasteiger partial charge in [0.1, 0.15) is 5.54 Å². The third-order valence-corrected chi connectivity index (χ3v) is 4.98. The van der Waals surface area contributed by atoms with Gasteiger partial charge in [-0.15, -0.1) is 0 Å². The van der Waals surface area contributed by atoms with Crippen LogP contribution in [0.15, 0.2) is 0 Å². The molecule has 122 valence electrons. The molecule has 21 heavy (non-hydrogen) atoms. The summed E-state index contributed by atoms with van der Waals surface area (Å²) in [5.41, 5.74) is -0.437. The summed E-state index contributed by atoms with van der Waals surface area (Å²) in [5.74, 6) is 0.870. The molecule has 2 atom stereocenters. The molecular weight excluding hydrogens is 264 g/mol. The van der Waals surface area contributed by atoms with Crippen LogP contribution in [-0.2, 0) is 9.53 Å². The van der Waals surface area contributed by atoms with E-state index in [-0.39, 0.29) is 5.97 Å². The van der Waals surface area contributed by atoms with Gasteiger partial charge in [-0.05, 0) is 64.5 Å². The van der Waals surface area contributed by atoms with Gasteiger partial charge in [-0.3, -0.25) is 4.79 Å². The molecule has 0 radical (unpaired) electrons. The summed E-state index contributed by atoms with van der Waals surface area (Å²) in [7, 11) is 0. The van der Waals surface area contributed by atoms with E-state index < -0.39 is 5.54 Å². The first kappa shape index (κ1) is 16.8. The number of nitrogens with one attached hydrogen (secondary N) is 1. The molecule has 0 aromatic heterocycles. The molecule has 0 bridgehead atoms. The molecule has 1 N–H and O–H groups in total. The molecule has 0 saturated heterocycles. The van der Waals surface area contributed by atoms with E-state index in [9.17, 15) is 4.79 Å². The number of carbonyl (C=O) groups excluding carboxylic acids is 1. The van der Waals surface area contributed by atoms with E-state index >= 15 is 0 Å². The van der Waals surface area contributed by atoms with Gasteiger partial charge in [0.25, 0.3) is 0 Å². The smallest absolute Gasteiger partial charge is 0.326 e. The van der Waals surface area contributed by atoms with Gasteiger partial charge in [-0.25, -0.2) is 0 Å². The Kier molecular flexibility index (Phi) is 6.06. The van der Waals surface area contributed by atoms with E-state index in [1.807, 2.05) is 6.92 Å². The van der Waals surface area contributed by atoms with Gasteiger partial charge < -0.3 is 15.0 Å². The average Bonchev–Trinajstić information content (AvgIpc) is 3.20. The molecule has 0 spiro atoms. The fraction of sp³-hybridized carbons (Fsp3) is 0.941. The van der Waals surface area contributed by atoms with Crippen LogP contribution in [-0.4, -0.2) is 48.7 Å². The second kappa shape index (κ2) is 7.59. The lowest BCUT2D eigenvalue weighted by Gasteiger charge is -2.31. The minimum absolute atomic E-state index is 0.0385. The van der Waals surface area contributed by atoms with E-state index in [2.05, 4.69) is 24.1 Å². The van der Waals surface area contributed by atoms with Crippen molar-refractivity contribution in [1.29, 1.82) is 0 Å². The summed E-state index contributed by atoms with van der Waals surface area (Å²) in [5, 5.41) is 3.51. The summed E-state index contributed by atoms with van der Waals surface area (Å²) < 4.78 is 5.36. The molecule has 0 aromatic rings. The number of carbonyl (C=O) groups is 1. The van der Waals surface area contributed by atoms with Crippen molar-refractivity contribution in [2.75, 3.05) is 26.2 Å². The average molecular weight is 296 g/mol. The predicted octanol–water partition coefficient (Wildman–Crippen LogP) is 2.57. The van der Waals surface area contributed by atoms with Crippen LogP contribution in [0.3, 0.4) is 0 Å². The number of ether oxygens (including phenoxy) is 1. The van der Waals surface area contributed by atoms with Crippen LogP contribution in [0.2, 0.25) is 0 Å². The van der Waals surface area contributed by atoms with E-state index in [1.165, 1.54) is 19.4 Å². The topological polar surface area (TPSA) is 41.6 Å². The highest BCUT2D eigenvalue weighted by molar-refractivity contribution is 5.81. The highest BCUT2D eigenvalue weighted by Crippen LogP contribution is 2.37. The Bertz CT molecular complexity index is 344. The first-order valence-corrected chi connectivity index (χ1v) is 8.81. The standard InChI is InChI=1S/C17H32N2O2/c1-4-11-18-17(16(20)21-6-3)10-9-15(12-17)19(5-2)13-14-7-8-14/h14-15,18H,4-13H2,1-3H3. The van der Waals surface area contributed by atoms with Gasteiger partial charge >= 0.3 is 5.97 Å². The third-order valence-electron chi connectivity index (χ3n) is 4.98. The summed E-state index contributed by atoms with van der Waals surface area (Å²) in [6.45, 7) is 9.94. The maximum Gasteiger partial charge on any atom is 0.326 e. The molecule has 2 aliphatic rings. The van der Waals surface area contributed by atoms with Crippen LogP contribution in [0.5, 0.6) is 0 Å². The highest BCUT2D eigenvalue weighted by atomic mass is 16.5. The highest BCUT2D eigenvalue weighted by Gasteiger charge is 2.47. The van der Waals surface area contributed by atoms with E-state index in [4.69, 9.17) is 4.74 Å². The summed E-state index contributed by atoms with van der Waals surface area (Å²) >= 11 is 0. The Labute approximate surface area is 129 Å². The number of esters is 1. The summed E-state index contributed by atoms with van der Waals surface area (Å²) in [4.78, 5) is 15.1. The second-order valence-corrected chi connectivity index (χ2v) is 6.66. The predicted molar refractivity (Wildman–Crippen MR) is 85.3 cm³/mol. The van der Waals surface area contributed by atoms with Gasteiger partial charge in [0.15, 0.2) is 0 Å². The monoisotopic (exact) mass is 296 g/mol. The van der Waals surface area contributed by atoms with Crippen molar-refractivity contribution in [3.05, 3.63) is 0 Å². The quantitative estimate of drug-likeness (QED) is 0.664. The molecule has 2 saturated carbocycles. The molecule has 0 aliphatic heterocycles. The Morgan fingerprint density at radius 3 is 2.62 bits per heavy atom. The van der Waals surface area contributed by atoms with Crippen molar-refractivity contribution in [3.63, 3.8) is 0 Å². The molecule has 4 nitrogen and oxygen atoms in total. The van der Waals surface area contributed by atoms with Crippen molar-refractivity contribution in [3.8, 4) is 0 Å². The SMILES string of the molecule is CCCNC1(C(=O)OCC)CCC(N(CC)CC2CC2)C1. The fourth-order valence-corrected chi connectivity index (χ4v) is 3.55. The Balaban J connectivity index is 1.99. The number of rotatable bonds is 9. The molecule has 2 unspecified atom stereocenters. The normalized spacial score (nSPS) is 29.0. The first-order chi connectivity index (χ1) is 10.1. The molecule has 4 heteroatoms. The zero-order valence-electron chi connectivity index (χ0n) is 14.0. The zero-order chi connectivity index (χ0) is 15.3. The Morgan fingerprint density at radius 1 is 1.29 bits per heavy atom. The first-order valence-electron chi connectivity index (χ1n) is 8.81. The van der Waals surface area contributed by atoms with Gasteiger partial charge in [0.2, 0.25) is 0 Å². The largest absolute Gasteiger partial charge is 0.465 e. The number of hydrogen-bond donors (Lipinski definition) is 1. The van der Waals surface area contributed by atoms with E-state index in [0.717, 1.165) is 44.7 Å². The molecule has 2 rings (SSSR count). The Morgan fingerprint density at radius 2 is 2.05 bits per heavy atom. The minimum atomic E-state index is -0.437. The van der Waals surface area contributed by atoms with E-state index in [1.54, 1.807) is 0 Å². The van der Waals surface area contributed by atoms with Crippen molar-refractivity contribution >= 4 is 5.97 Å². The van der Waals surface area contributed by atoms with Crippen LogP contribution in [0.25, 0.3) is 0 Å². The van der Waals surface area contributed by atoms with Gasteiger partial charge in [0.05, 0.1) is 6.61 Å². The van der Waals surface area contributed by atoms with Crippen LogP contribution < -0.4 is 5.32 Å². The Hall–Kier alpha value is -0.610. The summed E-state index contributed by atoms with van der Waals surface area (Å²) in [6, 6.07) is 0.532. The molecular formula is C17H32N2O2. The van der Waals surface area contributed by atoms with Crippen molar-refractivity contribution in [2.45, 2.75) is 70.9 Å². The molecule has 2 fully saturated rings. The van der Waals surface area contributed by atoms with Gasteiger partial charge in [-0.1, -0.05) is 13.8 Å². The molecule has 0 amide bonds. The van der Waals surface area contributed by atoms with Crippen LogP contribution in [0.1, 0.15) is 59.3 Å². The summed E-state index contributed by atoms with van der Waals surface area (Å²) in [6.07, 6.45) is 6.76. The lowest BCUT2D eigenvalue weighted by Crippen LogP contribution is -2.52.